The molecule has 1 aromatic heterocycles. The first kappa shape index (κ1) is 25.5. The number of thioether (sulfide) groups is 1. The first-order valence-electron chi connectivity index (χ1n) is 12.1. The minimum Gasteiger partial charge on any atom is -0.356 e. The zero-order valence-corrected chi connectivity index (χ0v) is 22.4. The number of thiocarbonyl (C=S) groups is 1. The molecule has 0 radical (unpaired) electrons. The Morgan fingerprint density at radius 2 is 1.79 bits per heavy atom. The van der Waals surface area contributed by atoms with Gasteiger partial charge >= 0.3 is 6.18 Å². The maximum absolute atomic E-state index is 13.6. The molecule has 3 aliphatic heterocycles. The number of piperidine rings is 1. The van der Waals surface area contributed by atoms with Crippen LogP contribution in [0.2, 0.25) is 0 Å². The fraction of sp³-hybridized carbons (Fsp3) is 0.296. The lowest BCUT2D eigenvalue weighted by Crippen LogP contribution is -2.48. The maximum Gasteiger partial charge on any atom is 0.416 e. The molecular formula is C27H22F3N3O2S3. The highest BCUT2D eigenvalue weighted by atomic mass is 32.2. The number of para-hydroxylation sites is 1. The molecule has 1 amide bonds. The molecule has 3 aliphatic rings. The standard InChI is InChI=1S/C27H22F3N3O2S3/c28-27(29,30)18-8-9-23-21(11-18)33(20-4-1-2-6-22(20)38-23)25(35)15-37-26(36)31-12-16-10-17(14-31)19-5-3-7-24(34)32(19)13-16/h1-9,11,16-17H,10,12-15H2/t16-,17+/m1/s1. The number of aromatic nitrogens is 1. The van der Waals surface area contributed by atoms with Gasteiger partial charge in [0.05, 0.1) is 22.7 Å². The second kappa shape index (κ2) is 9.77. The molecule has 11 heteroatoms. The third kappa shape index (κ3) is 4.65. The number of likely N-dealkylation sites (tertiary alicyclic amines) is 1. The summed E-state index contributed by atoms with van der Waals surface area (Å²) in [6, 6.07) is 16.1. The third-order valence-electron chi connectivity index (χ3n) is 7.16. The number of hydrogen-bond donors (Lipinski definition) is 0. The molecule has 2 atom stereocenters. The predicted octanol–water partition coefficient (Wildman–Crippen LogP) is 6.13. The van der Waals surface area contributed by atoms with Crippen LogP contribution < -0.4 is 10.5 Å². The van der Waals surface area contributed by atoms with E-state index < -0.39 is 11.7 Å². The summed E-state index contributed by atoms with van der Waals surface area (Å²) in [6.45, 7) is 2.02. The zero-order valence-electron chi connectivity index (χ0n) is 20.0. The van der Waals surface area contributed by atoms with Gasteiger partial charge in [-0.1, -0.05) is 53.9 Å². The smallest absolute Gasteiger partial charge is 0.356 e. The van der Waals surface area contributed by atoms with Crippen molar-refractivity contribution in [2.75, 3.05) is 23.7 Å². The van der Waals surface area contributed by atoms with Crippen LogP contribution in [-0.2, 0) is 17.5 Å². The van der Waals surface area contributed by atoms with Gasteiger partial charge in [-0.3, -0.25) is 14.5 Å². The summed E-state index contributed by atoms with van der Waals surface area (Å²) in [4.78, 5) is 30.8. The first-order chi connectivity index (χ1) is 18.2. The molecule has 0 unspecified atom stereocenters. The van der Waals surface area contributed by atoms with Gasteiger partial charge in [0.15, 0.2) is 0 Å². The second-order valence-electron chi connectivity index (χ2n) is 9.64. The van der Waals surface area contributed by atoms with Crippen molar-refractivity contribution in [1.29, 1.82) is 0 Å². The van der Waals surface area contributed by atoms with Gasteiger partial charge in [0.25, 0.3) is 5.56 Å². The molecule has 2 bridgehead atoms. The first-order valence-corrected chi connectivity index (χ1v) is 14.3. The molecule has 0 saturated carbocycles. The summed E-state index contributed by atoms with van der Waals surface area (Å²) in [5, 5.41) is 0. The average Bonchev–Trinajstić information content (AvgIpc) is 2.89. The number of halogens is 3. The quantitative estimate of drug-likeness (QED) is 0.344. The van der Waals surface area contributed by atoms with E-state index in [2.05, 4.69) is 4.90 Å². The third-order valence-corrected chi connectivity index (χ3v) is 9.80. The fourth-order valence-electron chi connectivity index (χ4n) is 5.52. The number of rotatable bonds is 2. The van der Waals surface area contributed by atoms with Gasteiger partial charge in [-0.25, -0.2) is 0 Å². The van der Waals surface area contributed by atoms with Crippen LogP contribution in [0.1, 0.15) is 23.6 Å². The van der Waals surface area contributed by atoms with Crippen LogP contribution in [0.4, 0.5) is 24.5 Å². The molecule has 1 fully saturated rings. The summed E-state index contributed by atoms with van der Waals surface area (Å²) >= 11 is 8.30. The Morgan fingerprint density at radius 1 is 1.00 bits per heavy atom. The van der Waals surface area contributed by atoms with Crippen molar-refractivity contribution < 1.29 is 18.0 Å². The van der Waals surface area contributed by atoms with Crippen LogP contribution in [0, 0.1) is 5.92 Å². The van der Waals surface area contributed by atoms with Gasteiger partial charge in [0, 0.05) is 47.1 Å². The Hall–Kier alpha value is -2.76. The van der Waals surface area contributed by atoms with Crippen molar-refractivity contribution in [2.45, 2.75) is 34.9 Å². The number of fused-ring (bicyclic) bond motifs is 6. The van der Waals surface area contributed by atoms with Gasteiger partial charge in [0.1, 0.15) is 4.32 Å². The van der Waals surface area contributed by atoms with Gasteiger partial charge in [-0.05, 0) is 48.7 Å². The highest BCUT2D eigenvalue weighted by molar-refractivity contribution is 8.23. The molecule has 196 valence electrons. The second-order valence-corrected chi connectivity index (χ2v) is 12.3. The molecule has 0 aliphatic carbocycles. The molecule has 3 aromatic rings. The van der Waals surface area contributed by atoms with E-state index in [0.717, 1.165) is 29.1 Å². The Balaban J connectivity index is 1.21. The van der Waals surface area contributed by atoms with Crippen LogP contribution in [0.3, 0.4) is 0 Å². The van der Waals surface area contributed by atoms with Crippen LogP contribution in [0.15, 0.2) is 75.2 Å². The van der Waals surface area contributed by atoms with E-state index >= 15 is 0 Å². The van der Waals surface area contributed by atoms with Gasteiger partial charge in [-0.15, -0.1) is 0 Å². The molecule has 6 rings (SSSR count). The molecular weight excluding hydrogens is 552 g/mol. The fourth-order valence-corrected chi connectivity index (χ4v) is 7.60. The van der Waals surface area contributed by atoms with Gasteiger partial charge in [-0.2, -0.15) is 13.2 Å². The summed E-state index contributed by atoms with van der Waals surface area (Å²) < 4.78 is 42.9. The summed E-state index contributed by atoms with van der Waals surface area (Å²) in [7, 11) is 0. The monoisotopic (exact) mass is 573 g/mol. The van der Waals surface area contributed by atoms with Gasteiger partial charge in [0.2, 0.25) is 5.91 Å². The van der Waals surface area contributed by atoms with E-state index in [-0.39, 0.29) is 34.7 Å². The molecule has 0 N–H and O–H groups in total. The predicted molar refractivity (Wildman–Crippen MR) is 147 cm³/mol. The largest absolute Gasteiger partial charge is 0.416 e. The van der Waals surface area contributed by atoms with Crippen LogP contribution in [0.25, 0.3) is 0 Å². The molecule has 38 heavy (non-hydrogen) atoms. The molecule has 0 spiro atoms. The van der Waals surface area contributed by atoms with Gasteiger partial charge < -0.3 is 9.47 Å². The van der Waals surface area contributed by atoms with E-state index in [0.29, 0.717) is 34.5 Å². The number of pyridine rings is 1. The van der Waals surface area contributed by atoms with E-state index in [1.807, 2.05) is 22.8 Å². The summed E-state index contributed by atoms with van der Waals surface area (Å²) in [5.41, 5.74) is 1.03. The lowest BCUT2D eigenvalue weighted by atomic mass is 9.83. The Bertz CT molecular complexity index is 1510. The Kier molecular flexibility index (Phi) is 6.56. The highest BCUT2D eigenvalue weighted by Gasteiger charge is 2.37. The number of benzene rings is 2. The minimum absolute atomic E-state index is 0.00457. The average molecular weight is 574 g/mol. The SMILES string of the molecule is O=C(CSC(=S)N1C[C@H]2C[C@@H](C1)c1cccc(=O)n1C2)N1c2ccccc2Sc2ccc(C(F)(F)F)cc21. The molecule has 4 heterocycles. The number of hydrogen-bond acceptors (Lipinski definition) is 5. The van der Waals surface area contributed by atoms with Crippen molar-refractivity contribution in [3.8, 4) is 0 Å². The topological polar surface area (TPSA) is 45.6 Å². The van der Waals surface area contributed by atoms with E-state index in [1.54, 1.807) is 24.3 Å². The van der Waals surface area contributed by atoms with Crippen LogP contribution in [0.5, 0.6) is 0 Å². The Morgan fingerprint density at radius 3 is 2.61 bits per heavy atom. The van der Waals surface area contributed by atoms with Crippen molar-refractivity contribution in [3.63, 3.8) is 0 Å². The molecule has 1 saturated heterocycles. The summed E-state index contributed by atoms with van der Waals surface area (Å²) in [6.07, 6.45) is -3.52. The number of carbonyl (C=O) groups is 1. The van der Waals surface area contributed by atoms with E-state index in [1.165, 1.54) is 34.5 Å². The lowest BCUT2D eigenvalue weighted by Gasteiger charge is -2.43. The maximum atomic E-state index is 13.6. The van der Waals surface area contributed by atoms with Crippen molar-refractivity contribution in [1.82, 2.24) is 9.47 Å². The van der Waals surface area contributed by atoms with Crippen molar-refractivity contribution in [2.24, 2.45) is 5.92 Å². The number of alkyl halides is 3. The minimum atomic E-state index is -4.52. The number of anilines is 2. The summed E-state index contributed by atoms with van der Waals surface area (Å²) in [5.74, 6) is 0.133. The number of carbonyl (C=O) groups excluding carboxylic acids is 1. The number of nitrogens with zero attached hydrogens (tertiary/aromatic N) is 3. The van der Waals surface area contributed by atoms with Crippen molar-refractivity contribution >= 4 is 57.3 Å². The normalized spacial score (nSPS) is 19.9. The van der Waals surface area contributed by atoms with Crippen LogP contribution >= 0.6 is 35.7 Å². The highest BCUT2D eigenvalue weighted by Crippen LogP contribution is 2.49. The number of amides is 1. The lowest BCUT2D eigenvalue weighted by molar-refractivity contribution is -0.137. The van der Waals surface area contributed by atoms with Crippen molar-refractivity contribution in [3.05, 3.63) is 82.3 Å². The van der Waals surface area contributed by atoms with Crippen LogP contribution in [-0.4, -0.2) is 38.5 Å². The van der Waals surface area contributed by atoms with E-state index in [9.17, 15) is 22.8 Å². The molecule has 5 nitrogen and oxygen atoms in total. The van der Waals surface area contributed by atoms with E-state index in [4.69, 9.17) is 12.2 Å². The molecule has 2 aromatic carbocycles. The zero-order chi connectivity index (χ0) is 26.6. The Labute approximate surface area is 231 Å².